The van der Waals surface area contributed by atoms with E-state index < -0.39 is 0 Å². The number of aromatic nitrogens is 4. The van der Waals surface area contributed by atoms with Crippen molar-refractivity contribution in [2.75, 3.05) is 13.1 Å². The Balaban J connectivity index is 1.20. The summed E-state index contributed by atoms with van der Waals surface area (Å²) in [7, 11) is 0. The second-order valence-corrected chi connectivity index (χ2v) is 8.41. The molecule has 1 fully saturated rings. The molecule has 1 N–H and O–H groups in total. The molecule has 154 valence electrons. The fourth-order valence-electron chi connectivity index (χ4n) is 4.96. The van der Waals surface area contributed by atoms with Crippen molar-refractivity contribution in [3.8, 4) is 11.3 Å². The third-order valence-corrected chi connectivity index (χ3v) is 6.62. The molecule has 1 saturated heterocycles. The summed E-state index contributed by atoms with van der Waals surface area (Å²) in [5.41, 5.74) is 5.87. The second kappa shape index (κ2) is 8.03. The average molecular weight is 402 g/mol. The average Bonchev–Trinajstić information content (AvgIpc) is 3.37. The number of rotatable bonds is 6. The highest BCUT2D eigenvalue weighted by Crippen LogP contribution is 2.42. The van der Waals surface area contributed by atoms with E-state index >= 15 is 0 Å². The van der Waals surface area contributed by atoms with Crippen LogP contribution >= 0.6 is 0 Å². The number of hydrogen-bond acceptors (Lipinski definition) is 5. The van der Waals surface area contributed by atoms with Crippen LogP contribution in [0.25, 0.3) is 11.3 Å². The van der Waals surface area contributed by atoms with E-state index in [1.165, 1.54) is 11.1 Å². The summed E-state index contributed by atoms with van der Waals surface area (Å²) < 4.78 is 2.22. The van der Waals surface area contributed by atoms with E-state index in [-0.39, 0.29) is 12.1 Å². The van der Waals surface area contributed by atoms with Gasteiger partial charge < -0.3 is 14.6 Å². The monoisotopic (exact) mass is 401 g/mol. The third-order valence-electron chi connectivity index (χ3n) is 6.62. The summed E-state index contributed by atoms with van der Waals surface area (Å²) in [6.07, 6.45) is 12.2. The van der Waals surface area contributed by atoms with Crippen LogP contribution in [0.3, 0.4) is 0 Å². The molecule has 0 bridgehead atoms. The molecule has 2 aliphatic heterocycles. The Labute approximate surface area is 176 Å². The molecule has 1 aromatic carbocycles. The molecule has 0 saturated carbocycles. The number of aliphatic hydroxyl groups excluding tert-OH is 1. The lowest BCUT2D eigenvalue weighted by Crippen LogP contribution is -2.38. The first kappa shape index (κ1) is 19.0. The van der Waals surface area contributed by atoms with E-state index in [0.29, 0.717) is 5.92 Å². The molecule has 2 aromatic heterocycles. The van der Waals surface area contributed by atoms with E-state index in [9.17, 15) is 5.11 Å². The quantitative estimate of drug-likeness (QED) is 0.685. The van der Waals surface area contributed by atoms with Gasteiger partial charge in [-0.25, -0.2) is 15.0 Å². The first-order valence-corrected chi connectivity index (χ1v) is 10.7. The molecule has 2 unspecified atom stereocenters. The van der Waals surface area contributed by atoms with Crippen LogP contribution in [0.4, 0.5) is 0 Å². The van der Waals surface area contributed by atoms with Crippen LogP contribution in [0.5, 0.6) is 0 Å². The van der Waals surface area contributed by atoms with Crippen molar-refractivity contribution >= 4 is 0 Å². The highest BCUT2D eigenvalue weighted by Gasteiger charge is 2.33. The molecule has 6 heteroatoms. The molecule has 0 aliphatic carbocycles. The molecule has 0 spiro atoms. The predicted octanol–water partition coefficient (Wildman–Crippen LogP) is 3.46. The van der Waals surface area contributed by atoms with Gasteiger partial charge in [0.15, 0.2) is 0 Å². The van der Waals surface area contributed by atoms with Crippen molar-refractivity contribution in [1.82, 2.24) is 24.4 Å². The van der Waals surface area contributed by atoms with Crippen LogP contribution in [0.15, 0.2) is 67.8 Å². The summed E-state index contributed by atoms with van der Waals surface area (Å²) in [6.45, 7) is 6.14. The van der Waals surface area contributed by atoms with Crippen molar-refractivity contribution in [2.24, 2.45) is 5.92 Å². The van der Waals surface area contributed by atoms with Crippen molar-refractivity contribution in [2.45, 2.75) is 37.8 Å². The molecule has 2 atom stereocenters. The number of allylic oxidation sites excluding steroid dienone is 1. The van der Waals surface area contributed by atoms with Gasteiger partial charge in [0.05, 0.1) is 30.4 Å². The number of fused-ring (bicyclic) bond motifs is 3. The summed E-state index contributed by atoms with van der Waals surface area (Å²) in [4.78, 5) is 14.8. The Hall–Kier alpha value is -2.99. The topological polar surface area (TPSA) is 67.1 Å². The minimum Gasteiger partial charge on any atom is -0.393 e. The number of benzene rings is 1. The van der Waals surface area contributed by atoms with Gasteiger partial charge in [-0.1, -0.05) is 30.8 Å². The standard InChI is InChI=1S/C24H27N5O/c1-17(10-18-12-25-15-26-13-18)28-8-6-19(7-9-28)24(30)11-22-20-4-2-3-5-21(20)23-14-27-16-29(22)23/h2-5,12-16,19,22,24,30H,1,6-11H2. The Morgan fingerprint density at radius 1 is 1.10 bits per heavy atom. The maximum absolute atomic E-state index is 11.1. The lowest BCUT2D eigenvalue weighted by molar-refractivity contribution is 0.0538. The van der Waals surface area contributed by atoms with Gasteiger partial charge in [0.2, 0.25) is 0 Å². The highest BCUT2D eigenvalue weighted by atomic mass is 16.3. The van der Waals surface area contributed by atoms with Gasteiger partial charge in [0, 0.05) is 43.2 Å². The van der Waals surface area contributed by atoms with Crippen LogP contribution in [0.1, 0.15) is 36.4 Å². The number of aliphatic hydroxyl groups is 1. The van der Waals surface area contributed by atoms with Gasteiger partial charge in [-0.3, -0.25) is 0 Å². The summed E-state index contributed by atoms with van der Waals surface area (Å²) in [6, 6.07) is 8.65. The van der Waals surface area contributed by atoms with Gasteiger partial charge in [0.25, 0.3) is 0 Å². The van der Waals surface area contributed by atoms with Crippen molar-refractivity contribution in [1.29, 1.82) is 0 Å². The van der Waals surface area contributed by atoms with Gasteiger partial charge >= 0.3 is 0 Å². The number of likely N-dealkylation sites (tertiary alicyclic amines) is 1. The first-order chi connectivity index (χ1) is 14.7. The van der Waals surface area contributed by atoms with Crippen molar-refractivity contribution < 1.29 is 5.11 Å². The zero-order valence-corrected chi connectivity index (χ0v) is 17.1. The molecular weight excluding hydrogens is 374 g/mol. The van der Waals surface area contributed by atoms with Crippen LogP contribution in [0, 0.1) is 5.92 Å². The van der Waals surface area contributed by atoms with E-state index in [1.807, 2.05) is 24.9 Å². The molecule has 2 aliphatic rings. The predicted molar refractivity (Wildman–Crippen MR) is 116 cm³/mol. The summed E-state index contributed by atoms with van der Waals surface area (Å²) in [5.74, 6) is 0.314. The summed E-state index contributed by atoms with van der Waals surface area (Å²) >= 11 is 0. The molecule has 5 rings (SSSR count). The molecule has 30 heavy (non-hydrogen) atoms. The molecular formula is C24H27N5O. The second-order valence-electron chi connectivity index (χ2n) is 8.41. The van der Waals surface area contributed by atoms with E-state index in [1.54, 1.807) is 6.33 Å². The van der Waals surface area contributed by atoms with Crippen LogP contribution < -0.4 is 0 Å². The third kappa shape index (κ3) is 3.52. The summed E-state index contributed by atoms with van der Waals surface area (Å²) in [5, 5.41) is 11.1. The highest BCUT2D eigenvalue weighted by molar-refractivity contribution is 5.68. The van der Waals surface area contributed by atoms with Crippen LogP contribution in [-0.2, 0) is 6.42 Å². The van der Waals surface area contributed by atoms with Gasteiger partial charge in [-0.05, 0) is 36.3 Å². The molecule has 0 radical (unpaired) electrons. The maximum Gasteiger partial charge on any atom is 0.115 e. The Morgan fingerprint density at radius 3 is 2.67 bits per heavy atom. The fourth-order valence-corrected chi connectivity index (χ4v) is 4.96. The normalized spacial score (nSPS) is 19.4. The minimum atomic E-state index is -0.325. The number of nitrogens with zero attached hydrogens (tertiary/aromatic N) is 5. The lowest BCUT2D eigenvalue weighted by Gasteiger charge is -2.37. The fraction of sp³-hybridized carbons (Fsp3) is 0.375. The Kier molecular flexibility index (Phi) is 5.09. The molecule has 4 heterocycles. The molecule has 3 aromatic rings. The van der Waals surface area contributed by atoms with Gasteiger partial charge in [0.1, 0.15) is 6.33 Å². The smallest absolute Gasteiger partial charge is 0.115 e. The van der Waals surface area contributed by atoms with Crippen LogP contribution in [0.2, 0.25) is 0 Å². The zero-order chi connectivity index (χ0) is 20.5. The Bertz CT molecular complexity index is 1020. The van der Waals surface area contributed by atoms with Gasteiger partial charge in [-0.15, -0.1) is 0 Å². The maximum atomic E-state index is 11.1. The first-order valence-electron chi connectivity index (χ1n) is 10.7. The van der Waals surface area contributed by atoms with Gasteiger partial charge in [-0.2, -0.15) is 0 Å². The number of piperidine rings is 1. The minimum absolute atomic E-state index is 0.166. The molecule has 6 nitrogen and oxygen atoms in total. The van der Waals surface area contributed by atoms with Crippen molar-refractivity contribution in [3.63, 3.8) is 0 Å². The largest absolute Gasteiger partial charge is 0.393 e. The molecule has 0 amide bonds. The van der Waals surface area contributed by atoms with Crippen LogP contribution in [-0.4, -0.2) is 48.7 Å². The van der Waals surface area contributed by atoms with E-state index in [2.05, 4.69) is 55.3 Å². The van der Waals surface area contributed by atoms with E-state index in [4.69, 9.17) is 0 Å². The lowest BCUT2D eigenvalue weighted by atomic mass is 9.86. The number of imidazole rings is 1. The SMILES string of the molecule is C=C(Cc1cncnc1)N1CCC(C(O)CC2c3ccccc3-c3cncn32)CC1. The van der Waals surface area contributed by atoms with Crippen molar-refractivity contribution in [3.05, 3.63) is 78.9 Å². The zero-order valence-electron chi connectivity index (χ0n) is 17.1. The van der Waals surface area contributed by atoms with E-state index in [0.717, 1.165) is 55.7 Å². The number of hydrogen-bond donors (Lipinski definition) is 1. The Morgan fingerprint density at radius 2 is 1.87 bits per heavy atom.